The van der Waals surface area contributed by atoms with E-state index in [9.17, 15) is 14.6 Å². The minimum Gasteiger partial charge on any atom is -0.395 e. The van der Waals surface area contributed by atoms with E-state index in [1.54, 1.807) is 23.5 Å². The second-order valence-corrected chi connectivity index (χ2v) is 6.56. The summed E-state index contributed by atoms with van der Waals surface area (Å²) in [6, 6.07) is 6.34. The highest BCUT2D eigenvalue weighted by molar-refractivity contribution is 7.19. The molecule has 0 aliphatic carbocycles. The molecule has 0 radical (unpaired) electrons. The van der Waals surface area contributed by atoms with Crippen LogP contribution in [0.1, 0.15) is 4.88 Å². The summed E-state index contributed by atoms with van der Waals surface area (Å²) >= 11 is 1.55. The van der Waals surface area contributed by atoms with Crippen molar-refractivity contribution in [1.29, 1.82) is 0 Å². The van der Waals surface area contributed by atoms with Gasteiger partial charge in [0, 0.05) is 23.5 Å². The fourth-order valence-electron chi connectivity index (χ4n) is 2.80. The molecule has 0 saturated heterocycles. The Labute approximate surface area is 143 Å². The molecular formula is C17H18FN3O2S. The van der Waals surface area contributed by atoms with Crippen LogP contribution in [0.5, 0.6) is 0 Å². The van der Waals surface area contributed by atoms with E-state index >= 15 is 0 Å². The molecule has 0 unspecified atom stereocenters. The Balaban J connectivity index is 2.22. The average Bonchev–Trinajstić information content (AvgIpc) is 2.91. The first kappa shape index (κ1) is 16.8. The van der Waals surface area contributed by atoms with Gasteiger partial charge >= 0.3 is 0 Å². The van der Waals surface area contributed by atoms with Crippen molar-refractivity contribution in [3.8, 4) is 11.1 Å². The second kappa shape index (κ2) is 7.21. The predicted octanol–water partition coefficient (Wildman–Crippen LogP) is 2.60. The zero-order chi connectivity index (χ0) is 17.1. The van der Waals surface area contributed by atoms with Gasteiger partial charge in [0.2, 0.25) is 0 Å². The van der Waals surface area contributed by atoms with Gasteiger partial charge in [-0.25, -0.2) is 14.4 Å². The van der Waals surface area contributed by atoms with Gasteiger partial charge in [-0.15, -0.1) is 11.3 Å². The van der Waals surface area contributed by atoms with Crippen molar-refractivity contribution in [3.05, 3.63) is 41.3 Å². The summed E-state index contributed by atoms with van der Waals surface area (Å²) < 4.78 is 13.3. The molecule has 24 heavy (non-hydrogen) atoms. The molecule has 0 aliphatic rings. The number of aromatic nitrogens is 2. The topological polar surface area (TPSA) is 69.5 Å². The van der Waals surface area contributed by atoms with E-state index in [1.165, 1.54) is 18.5 Å². The van der Waals surface area contributed by atoms with E-state index in [1.807, 2.05) is 11.8 Å². The molecule has 7 heteroatoms. The van der Waals surface area contributed by atoms with Crippen molar-refractivity contribution >= 4 is 27.4 Å². The lowest BCUT2D eigenvalue weighted by molar-refractivity contribution is 0.281. The first-order valence-corrected chi connectivity index (χ1v) is 8.44. The van der Waals surface area contributed by atoms with Gasteiger partial charge in [-0.05, 0) is 24.6 Å². The Kier molecular flexibility index (Phi) is 5.03. The van der Waals surface area contributed by atoms with Crippen molar-refractivity contribution in [2.24, 2.45) is 0 Å². The third-order valence-corrected chi connectivity index (χ3v) is 4.83. The number of aryl methyl sites for hydroxylation is 1. The van der Waals surface area contributed by atoms with Crippen LogP contribution < -0.4 is 4.90 Å². The summed E-state index contributed by atoms with van der Waals surface area (Å²) in [6.45, 7) is 2.65. The van der Waals surface area contributed by atoms with Crippen LogP contribution in [0.25, 0.3) is 21.3 Å². The number of rotatable bonds is 6. The van der Waals surface area contributed by atoms with Crippen molar-refractivity contribution < 1.29 is 14.6 Å². The highest BCUT2D eigenvalue weighted by Gasteiger charge is 2.20. The van der Waals surface area contributed by atoms with Crippen molar-refractivity contribution in [1.82, 2.24) is 9.97 Å². The lowest BCUT2D eigenvalue weighted by atomic mass is 10.0. The molecular weight excluding hydrogens is 329 g/mol. The summed E-state index contributed by atoms with van der Waals surface area (Å²) in [7, 11) is 0. The molecule has 0 spiro atoms. The number of hydrogen-bond donors (Lipinski definition) is 2. The summed E-state index contributed by atoms with van der Waals surface area (Å²) in [6.07, 6.45) is 1.49. The van der Waals surface area contributed by atoms with E-state index < -0.39 is 0 Å². The van der Waals surface area contributed by atoms with Crippen molar-refractivity contribution in [2.45, 2.75) is 6.92 Å². The van der Waals surface area contributed by atoms with Gasteiger partial charge < -0.3 is 15.1 Å². The van der Waals surface area contributed by atoms with Crippen LogP contribution in [0.2, 0.25) is 0 Å². The molecule has 0 bridgehead atoms. The van der Waals surface area contributed by atoms with Crippen molar-refractivity contribution in [3.63, 3.8) is 0 Å². The molecule has 0 amide bonds. The van der Waals surface area contributed by atoms with Crippen LogP contribution in [-0.4, -0.2) is 46.5 Å². The second-order valence-electron chi connectivity index (χ2n) is 5.35. The third-order valence-electron chi connectivity index (χ3n) is 3.82. The maximum Gasteiger partial charge on any atom is 0.141 e. The number of hydrogen-bond acceptors (Lipinski definition) is 6. The van der Waals surface area contributed by atoms with Gasteiger partial charge in [0.05, 0.1) is 18.6 Å². The number of aliphatic hydroxyl groups is 2. The van der Waals surface area contributed by atoms with Gasteiger partial charge in [0.25, 0.3) is 0 Å². The molecule has 3 aromatic rings. The zero-order valence-electron chi connectivity index (χ0n) is 13.2. The fourth-order valence-corrected chi connectivity index (χ4v) is 3.81. The summed E-state index contributed by atoms with van der Waals surface area (Å²) in [5.74, 6) is 0.390. The number of nitrogens with zero attached hydrogens (tertiary/aromatic N) is 3. The fraction of sp³-hybridized carbons (Fsp3) is 0.294. The Morgan fingerprint density at radius 3 is 2.38 bits per heavy atom. The first-order valence-electron chi connectivity index (χ1n) is 7.62. The summed E-state index contributed by atoms with van der Waals surface area (Å²) in [5, 5.41) is 19.5. The average molecular weight is 347 g/mol. The normalized spacial score (nSPS) is 11.2. The SMILES string of the molecule is Cc1sc2ncnc(N(CCO)CCO)c2c1-c1ccc(F)cc1. The highest BCUT2D eigenvalue weighted by Crippen LogP contribution is 2.41. The number of aliphatic hydroxyl groups excluding tert-OH is 2. The van der Waals surface area contributed by atoms with Crippen LogP contribution >= 0.6 is 11.3 Å². The maximum absolute atomic E-state index is 13.3. The molecule has 0 fully saturated rings. The first-order chi connectivity index (χ1) is 11.7. The Bertz CT molecular complexity index is 830. The molecule has 2 aromatic heterocycles. The lowest BCUT2D eigenvalue weighted by Gasteiger charge is -2.22. The van der Waals surface area contributed by atoms with Crippen LogP contribution in [0.15, 0.2) is 30.6 Å². The Morgan fingerprint density at radius 1 is 1.08 bits per heavy atom. The van der Waals surface area contributed by atoms with E-state index in [4.69, 9.17) is 0 Å². The Morgan fingerprint density at radius 2 is 1.75 bits per heavy atom. The lowest BCUT2D eigenvalue weighted by Crippen LogP contribution is -2.30. The minimum absolute atomic E-state index is 0.0412. The number of thiophene rings is 1. The summed E-state index contributed by atoms with van der Waals surface area (Å²) in [4.78, 5) is 12.5. The number of anilines is 1. The van der Waals surface area contributed by atoms with Crippen LogP contribution in [-0.2, 0) is 0 Å². The number of halogens is 1. The van der Waals surface area contributed by atoms with Crippen molar-refractivity contribution in [2.75, 3.05) is 31.2 Å². The quantitative estimate of drug-likeness (QED) is 0.717. The van der Waals surface area contributed by atoms with Crippen LogP contribution in [0.3, 0.4) is 0 Å². The van der Waals surface area contributed by atoms with E-state index in [-0.39, 0.29) is 19.0 Å². The molecule has 2 N–H and O–H groups in total. The van der Waals surface area contributed by atoms with E-state index in [0.717, 1.165) is 26.2 Å². The smallest absolute Gasteiger partial charge is 0.141 e. The molecule has 5 nitrogen and oxygen atoms in total. The molecule has 1 aromatic carbocycles. The minimum atomic E-state index is -0.283. The summed E-state index contributed by atoms with van der Waals surface area (Å²) in [5.41, 5.74) is 1.86. The van der Waals surface area contributed by atoms with Gasteiger partial charge in [-0.1, -0.05) is 12.1 Å². The molecule has 0 atom stereocenters. The maximum atomic E-state index is 13.3. The van der Waals surface area contributed by atoms with E-state index in [2.05, 4.69) is 9.97 Å². The van der Waals surface area contributed by atoms with Gasteiger partial charge in [0.1, 0.15) is 22.8 Å². The molecule has 3 rings (SSSR count). The zero-order valence-corrected chi connectivity index (χ0v) is 14.1. The monoisotopic (exact) mass is 347 g/mol. The van der Waals surface area contributed by atoms with Crippen LogP contribution in [0, 0.1) is 12.7 Å². The van der Waals surface area contributed by atoms with Gasteiger partial charge in [-0.2, -0.15) is 0 Å². The van der Waals surface area contributed by atoms with E-state index in [0.29, 0.717) is 18.9 Å². The molecule has 126 valence electrons. The molecule has 0 aliphatic heterocycles. The molecule has 0 saturated carbocycles. The Hall–Kier alpha value is -2.09. The standard InChI is InChI=1S/C17H18FN3O2S/c1-11-14(12-2-4-13(18)5-3-12)15-16(19-10-20-17(15)24-11)21(6-8-22)7-9-23/h2-5,10,22-23H,6-9H2,1H3. The van der Waals surface area contributed by atoms with Crippen LogP contribution in [0.4, 0.5) is 10.2 Å². The third kappa shape index (κ3) is 3.10. The predicted molar refractivity (Wildman–Crippen MR) is 93.9 cm³/mol. The number of fused-ring (bicyclic) bond motifs is 1. The molecule has 2 heterocycles. The highest BCUT2D eigenvalue weighted by atomic mass is 32.1. The number of benzene rings is 1. The largest absolute Gasteiger partial charge is 0.395 e. The van der Waals surface area contributed by atoms with Gasteiger partial charge in [-0.3, -0.25) is 0 Å². The van der Waals surface area contributed by atoms with Gasteiger partial charge in [0.15, 0.2) is 0 Å².